The monoisotopic (exact) mass is 274 g/mol. The van der Waals surface area contributed by atoms with Gasteiger partial charge < -0.3 is 15.8 Å². The lowest BCUT2D eigenvalue weighted by atomic mass is 10.1. The van der Waals surface area contributed by atoms with Crippen molar-refractivity contribution >= 4 is 17.3 Å². The van der Waals surface area contributed by atoms with Crippen LogP contribution < -0.4 is 15.8 Å². The molecule has 0 aliphatic carbocycles. The van der Waals surface area contributed by atoms with Gasteiger partial charge in [0.1, 0.15) is 11.6 Å². The topological polar surface area (TPSA) is 64.3 Å². The molecule has 0 atom stereocenters. The number of carbonyl (C=O) groups excluding carboxylic acids is 1. The van der Waals surface area contributed by atoms with Crippen molar-refractivity contribution in [1.82, 2.24) is 0 Å². The third-order valence-corrected chi connectivity index (χ3v) is 2.84. The SMILES string of the molecule is COc1ccc(C)cc1NC(=O)c1ccc(N)cc1F. The van der Waals surface area contributed by atoms with E-state index in [1.54, 1.807) is 12.1 Å². The van der Waals surface area contributed by atoms with Gasteiger partial charge in [0.2, 0.25) is 0 Å². The van der Waals surface area contributed by atoms with Gasteiger partial charge in [0, 0.05) is 5.69 Å². The molecule has 2 rings (SSSR count). The Morgan fingerprint density at radius 2 is 2.00 bits per heavy atom. The van der Waals surface area contributed by atoms with Gasteiger partial charge in [-0.25, -0.2) is 4.39 Å². The summed E-state index contributed by atoms with van der Waals surface area (Å²) in [5, 5.41) is 2.63. The first kappa shape index (κ1) is 13.9. The Labute approximate surface area is 116 Å². The molecule has 2 aromatic carbocycles. The maximum atomic E-state index is 13.7. The van der Waals surface area contributed by atoms with Crippen LogP contribution in [0.1, 0.15) is 15.9 Å². The minimum Gasteiger partial charge on any atom is -0.495 e. The molecule has 0 saturated carbocycles. The maximum Gasteiger partial charge on any atom is 0.258 e. The van der Waals surface area contributed by atoms with E-state index in [1.165, 1.54) is 19.2 Å². The van der Waals surface area contributed by atoms with Crippen LogP contribution in [0.5, 0.6) is 5.75 Å². The second-order valence-corrected chi connectivity index (χ2v) is 4.40. The Kier molecular flexibility index (Phi) is 3.89. The van der Waals surface area contributed by atoms with Crippen LogP contribution >= 0.6 is 0 Å². The smallest absolute Gasteiger partial charge is 0.258 e. The second kappa shape index (κ2) is 5.61. The van der Waals surface area contributed by atoms with Crippen LogP contribution in [0.3, 0.4) is 0 Å². The Hall–Kier alpha value is -2.56. The highest BCUT2D eigenvalue weighted by Crippen LogP contribution is 2.26. The number of rotatable bonds is 3. The summed E-state index contributed by atoms with van der Waals surface area (Å²) < 4.78 is 18.9. The van der Waals surface area contributed by atoms with Crippen LogP contribution in [-0.2, 0) is 0 Å². The maximum absolute atomic E-state index is 13.7. The molecule has 3 N–H and O–H groups in total. The molecule has 104 valence electrons. The fraction of sp³-hybridized carbons (Fsp3) is 0.133. The third-order valence-electron chi connectivity index (χ3n) is 2.84. The number of benzene rings is 2. The number of aryl methyl sites for hydroxylation is 1. The van der Waals surface area contributed by atoms with E-state index in [2.05, 4.69) is 5.32 Å². The van der Waals surface area contributed by atoms with E-state index in [9.17, 15) is 9.18 Å². The number of hydrogen-bond donors (Lipinski definition) is 2. The van der Waals surface area contributed by atoms with Gasteiger partial charge in [-0.05, 0) is 42.8 Å². The summed E-state index contributed by atoms with van der Waals surface area (Å²) in [5.74, 6) is -0.694. The first-order valence-electron chi connectivity index (χ1n) is 6.02. The van der Waals surface area contributed by atoms with Gasteiger partial charge in [-0.2, -0.15) is 0 Å². The van der Waals surface area contributed by atoms with Gasteiger partial charge in [0.15, 0.2) is 0 Å². The number of ether oxygens (including phenoxy) is 1. The van der Waals surface area contributed by atoms with E-state index in [0.717, 1.165) is 11.6 Å². The van der Waals surface area contributed by atoms with E-state index in [1.807, 2.05) is 13.0 Å². The fourth-order valence-corrected chi connectivity index (χ4v) is 1.82. The largest absolute Gasteiger partial charge is 0.495 e. The normalized spacial score (nSPS) is 10.2. The Balaban J connectivity index is 2.30. The number of nitrogen functional groups attached to an aromatic ring is 1. The summed E-state index contributed by atoms with van der Waals surface area (Å²) in [6.07, 6.45) is 0. The van der Waals surface area contributed by atoms with Crippen molar-refractivity contribution in [2.45, 2.75) is 6.92 Å². The second-order valence-electron chi connectivity index (χ2n) is 4.40. The molecule has 0 radical (unpaired) electrons. The molecule has 0 aliphatic heterocycles. The van der Waals surface area contributed by atoms with Crippen LogP contribution in [0.15, 0.2) is 36.4 Å². The summed E-state index contributed by atoms with van der Waals surface area (Å²) in [5.41, 5.74) is 7.11. The Morgan fingerprint density at radius 1 is 1.25 bits per heavy atom. The van der Waals surface area contributed by atoms with E-state index >= 15 is 0 Å². The number of hydrogen-bond acceptors (Lipinski definition) is 3. The molecule has 0 aromatic heterocycles. The first-order valence-corrected chi connectivity index (χ1v) is 6.02. The summed E-state index contributed by atoms with van der Waals surface area (Å²) >= 11 is 0. The zero-order valence-electron chi connectivity index (χ0n) is 11.2. The molecular weight excluding hydrogens is 259 g/mol. The van der Waals surface area contributed by atoms with Crippen LogP contribution in [0.25, 0.3) is 0 Å². The number of anilines is 2. The predicted molar refractivity (Wildman–Crippen MR) is 76.5 cm³/mol. The molecule has 20 heavy (non-hydrogen) atoms. The van der Waals surface area contributed by atoms with Crippen LogP contribution in [-0.4, -0.2) is 13.0 Å². The van der Waals surface area contributed by atoms with Gasteiger partial charge in [0.25, 0.3) is 5.91 Å². The van der Waals surface area contributed by atoms with Gasteiger partial charge in [-0.1, -0.05) is 6.07 Å². The van der Waals surface area contributed by atoms with Crippen LogP contribution in [0, 0.1) is 12.7 Å². The summed E-state index contributed by atoms with van der Waals surface area (Å²) in [6.45, 7) is 1.89. The van der Waals surface area contributed by atoms with Gasteiger partial charge in [0.05, 0.1) is 18.4 Å². The summed E-state index contributed by atoms with van der Waals surface area (Å²) in [4.78, 5) is 12.1. The highest BCUT2D eigenvalue weighted by atomic mass is 19.1. The lowest BCUT2D eigenvalue weighted by Gasteiger charge is -2.11. The van der Waals surface area contributed by atoms with Crippen molar-refractivity contribution < 1.29 is 13.9 Å². The van der Waals surface area contributed by atoms with E-state index in [0.29, 0.717) is 11.4 Å². The van der Waals surface area contributed by atoms with E-state index in [-0.39, 0.29) is 11.3 Å². The first-order chi connectivity index (χ1) is 9.51. The molecule has 0 bridgehead atoms. The molecule has 4 nitrogen and oxygen atoms in total. The van der Waals surface area contributed by atoms with Gasteiger partial charge in [-0.15, -0.1) is 0 Å². The minimum absolute atomic E-state index is 0.0669. The molecule has 0 spiro atoms. The van der Waals surface area contributed by atoms with Crippen molar-refractivity contribution in [2.24, 2.45) is 0 Å². The van der Waals surface area contributed by atoms with Crippen LogP contribution in [0.2, 0.25) is 0 Å². The average Bonchev–Trinajstić information content (AvgIpc) is 2.38. The van der Waals surface area contributed by atoms with E-state index < -0.39 is 11.7 Å². The predicted octanol–water partition coefficient (Wildman–Crippen LogP) is 2.98. The Bertz CT molecular complexity index is 656. The Morgan fingerprint density at radius 3 is 2.65 bits per heavy atom. The lowest BCUT2D eigenvalue weighted by Crippen LogP contribution is -2.14. The highest BCUT2D eigenvalue weighted by Gasteiger charge is 2.14. The van der Waals surface area contributed by atoms with Gasteiger partial charge >= 0.3 is 0 Å². The lowest BCUT2D eigenvalue weighted by molar-refractivity contribution is 0.102. The van der Waals surface area contributed by atoms with Crippen molar-refractivity contribution in [2.75, 3.05) is 18.2 Å². The molecule has 0 aliphatic rings. The number of carbonyl (C=O) groups is 1. The zero-order valence-corrected chi connectivity index (χ0v) is 11.2. The summed E-state index contributed by atoms with van der Waals surface area (Å²) in [6, 6.07) is 9.30. The van der Waals surface area contributed by atoms with Gasteiger partial charge in [-0.3, -0.25) is 4.79 Å². The van der Waals surface area contributed by atoms with Crippen LogP contribution in [0.4, 0.5) is 15.8 Å². The number of amides is 1. The third kappa shape index (κ3) is 2.88. The molecule has 5 heteroatoms. The van der Waals surface area contributed by atoms with Crippen molar-refractivity contribution in [1.29, 1.82) is 0 Å². The molecule has 1 amide bonds. The van der Waals surface area contributed by atoms with Crippen molar-refractivity contribution in [3.05, 3.63) is 53.3 Å². The highest BCUT2D eigenvalue weighted by molar-refractivity contribution is 6.05. The minimum atomic E-state index is -0.658. The molecule has 0 saturated heterocycles. The van der Waals surface area contributed by atoms with E-state index in [4.69, 9.17) is 10.5 Å². The standard InChI is InChI=1S/C15H15FN2O2/c1-9-3-6-14(20-2)13(7-9)18-15(19)11-5-4-10(17)8-12(11)16/h3-8H,17H2,1-2H3,(H,18,19). The number of halogens is 1. The number of nitrogens with two attached hydrogens (primary N) is 1. The molecule has 0 fully saturated rings. The van der Waals surface area contributed by atoms with Crippen molar-refractivity contribution in [3.8, 4) is 5.75 Å². The molecule has 2 aromatic rings. The quantitative estimate of drug-likeness (QED) is 0.846. The zero-order chi connectivity index (χ0) is 14.7. The number of methoxy groups -OCH3 is 1. The molecule has 0 heterocycles. The molecule has 0 unspecified atom stereocenters. The molecular formula is C15H15FN2O2. The van der Waals surface area contributed by atoms with Crippen molar-refractivity contribution in [3.63, 3.8) is 0 Å². The number of nitrogens with one attached hydrogen (secondary N) is 1. The fourth-order valence-electron chi connectivity index (χ4n) is 1.82. The summed E-state index contributed by atoms with van der Waals surface area (Å²) in [7, 11) is 1.50. The average molecular weight is 274 g/mol.